The quantitative estimate of drug-likeness (QED) is 0.192. The van der Waals surface area contributed by atoms with Crippen LogP contribution >= 0.6 is 0 Å². The van der Waals surface area contributed by atoms with Gasteiger partial charge in [-0.1, -0.05) is 6.92 Å². The topological polar surface area (TPSA) is 117 Å². The van der Waals surface area contributed by atoms with E-state index in [4.69, 9.17) is 15.2 Å². The van der Waals surface area contributed by atoms with Gasteiger partial charge in [0, 0.05) is 269 Å². The smallest absolute Gasteiger partial charge is 0.128 e. The first-order chi connectivity index (χ1) is 53.8. The van der Waals surface area contributed by atoms with Crippen molar-refractivity contribution in [1.82, 2.24) is 84.1 Å². The van der Waals surface area contributed by atoms with E-state index in [1.807, 2.05) is 19.0 Å². The first-order valence-electron chi connectivity index (χ1n) is 47.8. The molecule has 4 N–H and O–H groups in total. The summed E-state index contributed by atoms with van der Waals surface area (Å²) in [5.74, 6) is 0. The lowest BCUT2D eigenvalue weighted by Crippen LogP contribution is -2.55. The molecule has 10 aliphatic rings. The van der Waals surface area contributed by atoms with E-state index in [0.29, 0.717) is 100 Å². The van der Waals surface area contributed by atoms with Gasteiger partial charge in [-0.2, -0.15) is 0 Å². The van der Waals surface area contributed by atoms with Gasteiger partial charge in [-0.3, -0.25) is 53.9 Å². The molecule has 0 bridgehead atoms. The number of piperazine rings is 3. The zero-order chi connectivity index (χ0) is 89.9. The molecule has 0 aromatic rings. The van der Waals surface area contributed by atoms with E-state index in [0.717, 1.165) is 76.9 Å². The molecule has 117 heavy (non-hydrogen) atoms. The second-order valence-corrected chi connectivity index (χ2v) is 44.5. The predicted octanol–water partition coefficient (Wildman–Crippen LogP) is 13.8. The van der Waals surface area contributed by atoms with Crippen LogP contribution in [0.4, 0.5) is 4.39 Å². The van der Waals surface area contributed by atoms with Crippen LogP contribution in [0.15, 0.2) is 0 Å². The largest absolute Gasteiger partial charge is 0.380 e. The second-order valence-electron chi connectivity index (χ2n) is 44.5. The number of piperidine rings is 3. The van der Waals surface area contributed by atoms with Crippen LogP contribution in [0.25, 0.3) is 0 Å². The number of hydrogen-bond donors (Lipinski definition) is 3. The number of alkyl halides is 1. The van der Waals surface area contributed by atoms with Gasteiger partial charge in [0.15, 0.2) is 0 Å². The normalized spacial score (nSPS) is 27.0. The van der Waals surface area contributed by atoms with E-state index in [1.54, 1.807) is 0 Å². The summed E-state index contributed by atoms with van der Waals surface area (Å²) in [6.45, 7) is 106. The van der Waals surface area contributed by atoms with Crippen molar-refractivity contribution in [1.29, 1.82) is 0 Å². The third-order valence-electron chi connectivity index (χ3n) is 26.2. The van der Waals surface area contributed by atoms with Crippen LogP contribution in [-0.4, -0.2) is 424 Å². The summed E-state index contributed by atoms with van der Waals surface area (Å²) in [6, 6.07) is 7.39. The van der Waals surface area contributed by atoms with Crippen LogP contribution in [0.3, 0.4) is 0 Å². The third-order valence-corrected chi connectivity index (χ3v) is 26.2. The van der Waals surface area contributed by atoms with Gasteiger partial charge in [0.2, 0.25) is 0 Å². The first kappa shape index (κ1) is 114. The standard InChI is InChI=1S/2C11H24N2.C10H21FN2.3C10H22N2.C9H20N2.C9H19NO.C8H18N2.C8H17NO/c1-11(2,3)13-8-6-10(7-9-13)12(4)5;1-10(2)12-6-8-13(9-7-12)11(3,4)5;1-8(2)13-6-5-10(12(3)4)9(11)7-13;1-10(2,3)12-7-6-9(8-12)11(4)5;1-10(2,3)12-7-5-9(11-4)6-8-12;1-5-11-6-8-12(9-7-11)10(2,3)4;1-7(2)11-5-8(3)10-9(4)6-11;1-7(2)10-5-8(3)11-9(4)6-10;1-8(2,3)10-5-4-7(9)6-10;1-8(2)9-4-3-6-10-7-5-9/h2*10H,6-9H2,1-5H3;8-10H,5-7H2,1-4H3;9H,6-8H2,1-5H3;9,11H,5-8H2,1-4H3;5-9H2,1-4H3;7-10H,5-6H2,1-4H3;7-9H,5-6H2,1-4H3;7H,4-6,9H2,1-3H3;8H,3-7H2,1-2H3/t;;9-,10+;9-;;;2*8-,9+;7-;/m..00....1./s1. The van der Waals surface area contributed by atoms with Crippen molar-refractivity contribution in [3.8, 4) is 0 Å². The number of nitrogens with two attached hydrogens (primary N) is 1. The van der Waals surface area contributed by atoms with Gasteiger partial charge in [0.05, 0.1) is 18.8 Å². The maximum Gasteiger partial charge on any atom is 0.128 e. The Morgan fingerprint density at radius 2 is 0.735 bits per heavy atom. The Morgan fingerprint density at radius 1 is 0.376 bits per heavy atom. The van der Waals surface area contributed by atoms with Crippen molar-refractivity contribution in [3.05, 3.63) is 0 Å². The summed E-state index contributed by atoms with van der Waals surface area (Å²) in [5, 5.41) is 6.87. The van der Waals surface area contributed by atoms with Crippen molar-refractivity contribution in [2.45, 2.75) is 404 Å². The van der Waals surface area contributed by atoms with E-state index in [9.17, 15) is 4.39 Å². The molecule has 10 aliphatic heterocycles. The van der Waals surface area contributed by atoms with Gasteiger partial charge in [-0.25, -0.2) is 4.39 Å². The summed E-state index contributed by atoms with van der Waals surface area (Å²) in [6.07, 6.45) is 10.00. The third kappa shape index (κ3) is 48.0. The van der Waals surface area contributed by atoms with E-state index in [1.165, 1.54) is 163 Å². The lowest BCUT2D eigenvalue weighted by molar-refractivity contribution is -0.0764. The van der Waals surface area contributed by atoms with Crippen molar-refractivity contribution < 1.29 is 13.9 Å². The average molecular weight is 1670 g/mol. The molecule has 0 aromatic heterocycles. The van der Waals surface area contributed by atoms with Crippen LogP contribution in [0, 0.1) is 0 Å². The molecular weight excluding hydrogens is 1460 g/mol. The number of ether oxygens (including phenoxy) is 2. The van der Waals surface area contributed by atoms with Gasteiger partial charge in [0.1, 0.15) is 6.17 Å². The molecule has 0 spiro atoms. The molecule has 0 saturated carbocycles. The lowest BCUT2D eigenvalue weighted by atomic mass is 9.98. The fourth-order valence-corrected chi connectivity index (χ4v) is 17.4. The number of halogens is 1. The van der Waals surface area contributed by atoms with E-state index >= 15 is 0 Å². The highest BCUT2D eigenvalue weighted by Crippen LogP contribution is 2.27. The van der Waals surface area contributed by atoms with Gasteiger partial charge in [-0.05, 0) is 329 Å². The molecule has 10 heterocycles. The average Bonchev–Trinajstić information content (AvgIpc) is 1.51. The molecule has 0 unspecified atom stereocenters. The highest BCUT2D eigenvalue weighted by atomic mass is 19.1. The molecule has 10 fully saturated rings. The number of likely N-dealkylation sites (tertiary alicyclic amines) is 5. The number of morpholine rings is 1. The first-order valence-corrected chi connectivity index (χ1v) is 47.8. The van der Waals surface area contributed by atoms with Crippen LogP contribution in [0.2, 0.25) is 0 Å². The van der Waals surface area contributed by atoms with Crippen LogP contribution < -0.4 is 16.4 Å². The molecular formula is C96H209FN18O2. The molecule has 702 valence electrons. The molecule has 0 aliphatic carbocycles. The molecule has 21 heteroatoms. The molecule has 0 aromatic carbocycles. The molecule has 8 atom stereocenters. The predicted molar refractivity (Wildman–Crippen MR) is 512 cm³/mol. The second kappa shape index (κ2) is 55.7. The fourth-order valence-electron chi connectivity index (χ4n) is 17.4. The van der Waals surface area contributed by atoms with Gasteiger partial charge in [-0.15, -0.1) is 0 Å². The summed E-state index contributed by atoms with van der Waals surface area (Å²) in [7, 11) is 14.7. The molecule has 20 nitrogen and oxygen atoms in total. The van der Waals surface area contributed by atoms with Crippen LogP contribution in [-0.2, 0) is 9.47 Å². The van der Waals surface area contributed by atoms with Crippen molar-refractivity contribution in [3.63, 3.8) is 0 Å². The van der Waals surface area contributed by atoms with Gasteiger partial charge >= 0.3 is 0 Å². The zero-order valence-electron chi connectivity index (χ0n) is 85.9. The van der Waals surface area contributed by atoms with E-state index < -0.39 is 6.17 Å². The van der Waals surface area contributed by atoms with E-state index in [2.05, 4.69) is 343 Å². The number of nitrogens with zero attached hydrogens (tertiary/aromatic N) is 15. The summed E-state index contributed by atoms with van der Waals surface area (Å²) < 4.78 is 24.6. The Kier molecular flexibility index (Phi) is 54.3. The van der Waals surface area contributed by atoms with Crippen LogP contribution in [0.5, 0.6) is 0 Å². The summed E-state index contributed by atoms with van der Waals surface area (Å²) in [5.41, 5.74) is 7.88. The fraction of sp³-hybridized carbons (Fsp3) is 1.00. The Bertz CT molecular complexity index is 2290. The van der Waals surface area contributed by atoms with Gasteiger partial charge < -0.3 is 45.4 Å². The number of nitrogens with one attached hydrogen (secondary N) is 2. The maximum atomic E-state index is 13.6. The summed E-state index contributed by atoms with van der Waals surface area (Å²) in [4.78, 5) is 36.8. The number of rotatable bonds is 10. The SMILES string of the molecule is CC(C)(C)N1CC[C@@H](N)C1.CC(C)N1CCCOCC1.CC(C)N1CCN(C(C)(C)C)CC1.CC(C)N1CC[C@@H](N(C)C)[C@@H](F)C1.CC(C)N1C[C@@H](C)N[C@@H](C)C1.CC(C)N1C[C@@H](C)O[C@@H](C)C1.CCN1CCN(C(C)(C)C)CC1.CN(C)C1CCN(C(C)(C)C)CC1.CN(C)[C@H]1CCN(C(C)(C)C)C1.CNC1CCN(C(C)(C)C)CC1. The Labute approximate surface area is 730 Å². The highest BCUT2D eigenvalue weighted by Gasteiger charge is 2.36. The number of hydrogen-bond acceptors (Lipinski definition) is 20. The minimum Gasteiger partial charge on any atom is -0.380 e. The van der Waals surface area contributed by atoms with Crippen molar-refractivity contribution in [2.24, 2.45) is 5.73 Å². The highest BCUT2D eigenvalue weighted by molar-refractivity contribution is 4.92. The minimum atomic E-state index is -0.689. The molecule has 10 rings (SSSR count). The minimum absolute atomic E-state index is 0.120. The van der Waals surface area contributed by atoms with Crippen molar-refractivity contribution in [2.75, 3.05) is 226 Å². The monoisotopic (exact) mass is 1670 g/mol. The Morgan fingerprint density at radius 3 is 1.07 bits per heavy atom. The molecule has 10 saturated heterocycles. The van der Waals surface area contributed by atoms with Gasteiger partial charge in [0.25, 0.3) is 0 Å². The zero-order valence-corrected chi connectivity index (χ0v) is 85.9. The Balaban J connectivity index is 0.000000651. The van der Waals surface area contributed by atoms with Crippen molar-refractivity contribution >= 4 is 0 Å². The summed E-state index contributed by atoms with van der Waals surface area (Å²) >= 11 is 0. The molecule has 0 radical (unpaired) electrons. The van der Waals surface area contributed by atoms with E-state index in [-0.39, 0.29) is 6.04 Å². The maximum absolute atomic E-state index is 13.6. The molecule has 0 amide bonds. The van der Waals surface area contributed by atoms with Crippen LogP contribution in [0.1, 0.15) is 280 Å². The lowest BCUT2D eigenvalue weighted by Gasteiger charge is -2.43. The number of likely N-dealkylation sites (N-methyl/N-ethyl adjacent to an activating group) is 2. The Hall–Kier alpha value is -0.870.